The van der Waals surface area contributed by atoms with Crippen molar-refractivity contribution in [3.63, 3.8) is 0 Å². The zero-order valence-electron chi connectivity index (χ0n) is 26.6. The molecular weight excluding hydrogens is 590 g/mol. The van der Waals surface area contributed by atoms with E-state index in [0.29, 0.717) is 18.8 Å². The van der Waals surface area contributed by atoms with E-state index in [-0.39, 0.29) is 5.91 Å². The summed E-state index contributed by atoms with van der Waals surface area (Å²) in [5.74, 6) is 1.44. The van der Waals surface area contributed by atoms with Gasteiger partial charge in [-0.2, -0.15) is 0 Å². The Morgan fingerprint density at radius 2 is 1.00 bits per heavy atom. The van der Waals surface area contributed by atoms with Crippen molar-refractivity contribution in [1.82, 2.24) is 0 Å². The van der Waals surface area contributed by atoms with E-state index in [1.54, 1.807) is 0 Å². The number of fused-ring (bicyclic) bond motifs is 1. The minimum atomic E-state index is -0.937. The van der Waals surface area contributed by atoms with Gasteiger partial charge in [0.05, 0.1) is 0 Å². The van der Waals surface area contributed by atoms with Gasteiger partial charge in [-0.25, -0.2) is 0 Å². The second kappa shape index (κ2) is 13.3. The fourth-order valence-electron chi connectivity index (χ4n) is 6.42. The quantitative estimate of drug-likeness (QED) is 0.144. The maximum atomic E-state index is 14.4. The number of amides is 1. The van der Waals surface area contributed by atoms with E-state index >= 15 is 0 Å². The average Bonchev–Trinajstić information content (AvgIpc) is 3.43. The topological polar surface area (TPSA) is 38.8 Å². The molecule has 0 N–H and O–H groups in total. The van der Waals surface area contributed by atoms with Gasteiger partial charge in [-0.1, -0.05) is 135 Å². The third-order valence-corrected chi connectivity index (χ3v) is 8.89. The molecule has 0 bridgehead atoms. The molecule has 0 saturated heterocycles. The largest absolute Gasteiger partial charge is 0.489 e. The Morgan fingerprint density at radius 3 is 1.48 bits per heavy atom. The van der Waals surface area contributed by atoms with Gasteiger partial charge in [0, 0.05) is 11.3 Å². The maximum absolute atomic E-state index is 14.4. The van der Waals surface area contributed by atoms with Gasteiger partial charge < -0.3 is 9.47 Å². The fraction of sp³-hybridized carbons (Fsp3) is 0.0682. The highest BCUT2D eigenvalue weighted by molar-refractivity contribution is 6.13. The van der Waals surface area contributed by atoms with Crippen molar-refractivity contribution < 1.29 is 14.3 Å². The molecule has 0 spiro atoms. The molecule has 4 nitrogen and oxygen atoms in total. The molecule has 1 aliphatic heterocycles. The van der Waals surface area contributed by atoms with Crippen molar-refractivity contribution in [2.45, 2.75) is 18.8 Å². The molecule has 234 valence electrons. The van der Waals surface area contributed by atoms with Crippen LogP contribution in [-0.4, -0.2) is 5.91 Å². The number of rotatable bonds is 11. The molecule has 4 heteroatoms. The molecule has 0 atom stereocenters. The van der Waals surface area contributed by atoms with Crippen LogP contribution in [0.4, 0.5) is 5.69 Å². The summed E-state index contributed by atoms with van der Waals surface area (Å²) in [5.41, 5.74) is 7.65. The summed E-state index contributed by atoms with van der Waals surface area (Å²) in [4.78, 5) is 16.3. The first-order chi connectivity index (χ1) is 23.6. The fourth-order valence-corrected chi connectivity index (χ4v) is 6.42. The van der Waals surface area contributed by atoms with E-state index in [0.717, 1.165) is 56.1 Å². The number of carbonyl (C=O) groups excluding carboxylic acids is 1. The SMILES string of the molecule is C=Cc1ccc(COc2ccc(C3(c4ccc(OCc5ccc(C=C)cc5)cc4)c4ccccc4C(=O)N3c3ccccc3)cc2)cc1. The highest BCUT2D eigenvalue weighted by Crippen LogP contribution is 2.51. The smallest absolute Gasteiger partial charge is 0.260 e. The number of hydrogen-bond acceptors (Lipinski definition) is 3. The molecule has 7 rings (SSSR count). The Bertz CT molecular complexity index is 1950. The first-order valence-electron chi connectivity index (χ1n) is 16.0. The standard InChI is InChI=1S/C44H35NO3/c1-3-32-14-18-34(19-15-32)30-47-39-26-22-36(23-27-39)44(37-24-28-40(29-25-37)48-31-35-20-16-33(4-2)17-21-35)42-13-9-8-12-41(42)43(46)45(44)38-10-6-5-7-11-38/h3-29H,1-2,30-31H2. The second-order valence-corrected chi connectivity index (χ2v) is 11.7. The second-order valence-electron chi connectivity index (χ2n) is 11.7. The minimum absolute atomic E-state index is 0.0524. The molecule has 0 fully saturated rings. The molecule has 1 heterocycles. The molecular formula is C44H35NO3. The van der Waals surface area contributed by atoms with Gasteiger partial charge >= 0.3 is 0 Å². The normalized spacial score (nSPS) is 13.1. The molecule has 0 unspecified atom stereocenters. The van der Waals surface area contributed by atoms with Crippen LogP contribution in [0.3, 0.4) is 0 Å². The van der Waals surface area contributed by atoms with Gasteiger partial charge in [0.15, 0.2) is 0 Å². The van der Waals surface area contributed by atoms with Crippen LogP contribution in [-0.2, 0) is 18.8 Å². The number of anilines is 1. The van der Waals surface area contributed by atoms with Gasteiger partial charge in [0.25, 0.3) is 5.91 Å². The van der Waals surface area contributed by atoms with Gasteiger partial charge in [0.2, 0.25) is 0 Å². The van der Waals surface area contributed by atoms with E-state index in [4.69, 9.17) is 9.47 Å². The Labute approximate surface area is 281 Å². The minimum Gasteiger partial charge on any atom is -0.489 e. The molecule has 0 aliphatic carbocycles. The molecule has 0 aromatic heterocycles. The Balaban J connectivity index is 1.27. The van der Waals surface area contributed by atoms with Crippen molar-refractivity contribution in [2.75, 3.05) is 4.90 Å². The monoisotopic (exact) mass is 625 g/mol. The number of ether oxygens (including phenoxy) is 2. The summed E-state index contributed by atoms with van der Waals surface area (Å²) in [6, 6.07) is 50.3. The first-order valence-corrected chi connectivity index (χ1v) is 16.0. The molecule has 6 aromatic rings. The summed E-state index contributed by atoms with van der Waals surface area (Å²) < 4.78 is 12.4. The van der Waals surface area contributed by atoms with Crippen LogP contribution >= 0.6 is 0 Å². The summed E-state index contributed by atoms with van der Waals surface area (Å²) in [5, 5.41) is 0. The Hall–Kier alpha value is -6.13. The lowest BCUT2D eigenvalue weighted by Crippen LogP contribution is -2.46. The van der Waals surface area contributed by atoms with E-state index in [9.17, 15) is 4.79 Å². The summed E-state index contributed by atoms with van der Waals surface area (Å²) >= 11 is 0. The van der Waals surface area contributed by atoms with Crippen LogP contribution in [0.2, 0.25) is 0 Å². The van der Waals surface area contributed by atoms with Crippen LogP contribution in [0.1, 0.15) is 49.3 Å². The average molecular weight is 626 g/mol. The molecule has 48 heavy (non-hydrogen) atoms. The summed E-state index contributed by atoms with van der Waals surface area (Å²) in [6.07, 6.45) is 3.65. The van der Waals surface area contributed by atoms with Crippen LogP contribution in [0.25, 0.3) is 12.2 Å². The lowest BCUT2D eigenvalue weighted by atomic mass is 9.76. The van der Waals surface area contributed by atoms with Crippen molar-refractivity contribution >= 4 is 23.7 Å². The van der Waals surface area contributed by atoms with Crippen LogP contribution in [0, 0.1) is 0 Å². The maximum Gasteiger partial charge on any atom is 0.260 e. The molecule has 6 aromatic carbocycles. The van der Waals surface area contributed by atoms with Gasteiger partial charge in [-0.3, -0.25) is 9.69 Å². The first kappa shape index (κ1) is 30.5. The highest BCUT2D eigenvalue weighted by Gasteiger charge is 2.52. The van der Waals surface area contributed by atoms with Crippen LogP contribution < -0.4 is 14.4 Å². The predicted molar refractivity (Wildman–Crippen MR) is 194 cm³/mol. The number of carbonyl (C=O) groups is 1. The third kappa shape index (κ3) is 5.69. The molecule has 0 saturated carbocycles. The van der Waals surface area contributed by atoms with Crippen molar-refractivity contribution in [3.8, 4) is 11.5 Å². The zero-order chi connectivity index (χ0) is 32.9. The Morgan fingerprint density at radius 1 is 0.542 bits per heavy atom. The van der Waals surface area contributed by atoms with Crippen molar-refractivity contribution in [2.24, 2.45) is 0 Å². The molecule has 1 aliphatic rings. The zero-order valence-corrected chi connectivity index (χ0v) is 26.6. The Kier molecular flexibility index (Phi) is 8.46. The van der Waals surface area contributed by atoms with Crippen molar-refractivity contribution in [3.05, 3.63) is 209 Å². The highest BCUT2D eigenvalue weighted by atomic mass is 16.5. The third-order valence-electron chi connectivity index (χ3n) is 8.89. The van der Waals surface area contributed by atoms with Gasteiger partial charge in [0.1, 0.15) is 30.3 Å². The number of hydrogen-bond donors (Lipinski definition) is 0. The number of para-hydroxylation sites is 1. The summed E-state index contributed by atoms with van der Waals surface area (Å²) in [7, 11) is 0. The van der Waals surface area contributed by atoms with E-state index < -0.39 is 5.54 Å². The summed E-state index contributed by atoms with van der Waals surface area (Å²) in [6.45, 7) is 8.55. The lowest BCUT2D eigenvalue weighted by molar-refractivity contribution is 0.0986. The number of nitrogens with zero attached hydrogens (tertiary/aromatic N) is 1. The van der Waals surface area contributed by atoms with Crippen molar-refractivity contribution in [1.29, 1.82) is 0 Å². The number of benzene rings is 6. The molecule has 1 amide bonds. The van der Waals surface area contributed by atoms with E-state index in [2.05, 4.69) is 43.5 Å². The molecule has 0 radical (unpaired) electrons. The van der Waals surface area contributed by atoms with Gasteiger partial charge in [-0.05, 0) is 81.4 Å². The van der Waals surface area contributed by atoms with E-state index in [1.165, 1.54) is 0 Å². The van der Waals surface area contributed by atoms with Crippen LogP contribution in [0.15, 0.2) is 165 Å². The van der Waals surface area contributed by atoms with Gasteiger partial charge in [-0.15, -0.1) is 0 Å². The van der Waals surface area contributed by atoms with Crippen LogP contribution in [0.5, 0.6) is 11.5 Å². The van der Waals surface area contributed by atoms with E-state index in [1.807, 2.05) is 138 Å². The predicted octanol–water partition coefficient (Wildman–Crippen LogP) is 10.1. The lowest BCUT2D eigenvalue weighted by Gasteiger charge is -2.40.